The van der Waals surface area contributed by atoms with Gasteiger partial charge in [-0.15, -0.1) is 0 Å². The van der Waals surface area contributed by atoms with E-state index in [4.69, 9.17) is 4.74 Å². The van der Waals surface area contributed by atoms with Crippen molar-refractivity contribution in [2.45, 2.75) is 46.6 Å². The molecular weight excluding hydrogens is 296 g/mol. The lowest BCUT2D eigenvalue weighted by Crippen LogP contribution is -2.07. The summed E-state index contributed by atoms with van der Waals surface area (Å²) in [6.45, 7) is 10.2. The third-order valence-corrected chi connectivity index (χ3v) is 4.42. The number of nitrogens with zero attached hydrogens (tertiary/aromatic N) is 2. The summed E-state index contributed by atoms with van der Waals surface area (Å²) in [5, 5.41) is 0. The van der Waals surface area contributed by atoms with Crippen molar-refractivity contribution in [2.75, 3.05) is 6.61 Å². The van der Waals surface area contributed by atoms with E-state index in [-0.39, 0.29) is 0 Å². The molecule has 2 aromatic carbocycles. The quantitative estimate of drug-likeness (QED) is 0.580. The van der Waals surface area contributed by atoms with E-state index in [1.54, 1.807) is 0 Å². The van der Waals surface area contributed by atoms with E-state index in [1.807, 2.05) is 6.07 Å². The van der Waals surface area contributed by atoms with E-state index < -0.39 is 0 Å². The van der Waals surface area contributed by atoms with Crippen molar-refractivity contribution in [1.29, 1.82) is 0 Å². The van der Waals surface area contributed by atoms with Gasteiger partial charge >= 0.3 is 0 Å². The molecule has 0 amide bonds. The minimum Gasteiger partial charge on any atom is -0.493 e. The monoisotopic (exact) mass is 322 g/mol. The van der Waals surface area contributed by atoms with Gasteiger partial charge in [0.15, 0.2) is 0 Å². The molecule has 0 aliphatic carbocycles. The summed E-state index contributed by atoms with van der Waals surface area (Å²) in [5.41, 5.74) is 4.79. The van der Waals surface area contributed by atoms with Crippen LogP contribution in [0.15, 0.2) is 42.5 Å². The van der Waals surface area contributed by atoms with E-state index in [2.05, 4.69) is 73.6 Å². The van der Waals surface area contributed by atoms with Crippen molar-refractivity contribution in [2.24, 2.45) is 0 Å². The van der Waals surface area contributed by atoms with Crippen LogP contribution in [0, 0.1) is 13.8 Å². The molecule has 3 rings (SSSR count). The van der Waals surface area contributed by atoms with Crippen molar-refractivity contribution < 1.29 is 4.74 Å². The third-order valence-electron chi connectivity index (χ3n) is 4.42. The predicted octanol–water partition coefficient (Wildman–Crippen LogP) is 5.25. The second-order valence-electron chi connectivity index (χ2n) is 6.70. The van der Waals surface area contributed by atoms with Gasteiger partial charge in [0.1, 0.15) is 11.6 Å². The van der Waals surface area contributed by atoms with Crippen LogP contribution in [0.25, 0.3) is 11.0 Å². The van der Waals surface area contributed by atoms with Gasteiger partial charge in [0.05, 0.1) is 17.6 Å². The lowest BCUT2D eigenvalue weighted by Gasteiger charge is -2.15. The Labute approximate surface area is 144 Å². The Morgan fingerprint density at radius 1 is 1.08 bits per heavy atom. The number of benzene rings is 2. The summed E-state index contributed by atoms with van der Waals surface area (Å²) in [7, 11) is 0. The lowest BCUT2D eigenvalue weighted by atomic mass is 10.0. The zero-order chi connectivity index (χ0) is 17.1. The fourth-order valence-electron chi connectivity index (χ4n) is 3.13. The third kappa shape index (κ3) is 3.45. The minimum absolute atomic E-state index is 0.473. The van der Waals surface area contributed by atoms with Crippen LogP contribution in [0.4, 0.5) is 0 Å². The van der Waals surface area contributed by atoms with Crippen LogP contribution in [0.1, 0.15) is 43.1 Å². The number of hydrogen-bond donors (Lipinski definition) is 0. The Morgan fingerprint density at radius 3 is 2.67 bits per heavy atom. The molecule has 0 bridgehead atoms. The SMILES string of the molecule is Cc1ccc(C(C)C)c(OCCCn2c(C)nc3ccccc32)c1. The van der Waals surface area contributed by atoms with E-state index in [0.29, 0.717) is 5.92 Å². The van der Waals surface area contributed by atoms with Gasteiger partial charge in [0.25, 0.3) is 0 Å². The molecule has 0 saturated heterocycles. The first kappa shape index (κ1) is 16.6. The minimum atomic E-state index is 0.473. The van der Waals surface area contributed by atoms with E-state index >= 15 is 0 Å². The van der Waals surface area contributed by atoms with Gasteiger partial charge in [-0.3, -0.25) is 0 Å². The number of imidazole rings is 1. The summed E-state index contributed by atoms with van der Waals surface area (Å²) < 4.78 is 8.37. The number of para-hydroxylation sites is 2. The summed E-state index contributed by atoms with van der Waals surface area (Å²) in [6.07, 6.45) is 0.965. The second kappa shape index (κ2) is 7.08. The average Bonchev–Trinajstić information content (AvgIpc) is 2.87. The highest BCUT2D eigenvalue weighted by Crippen LogP contribution is 2.27. The molecule has 0 unspecified atom stereocenters. The predicted molar refractivity (Wildman–Crippen MR) is 99.9 cm³/mol. The van der Waals surface area contributed by atoms with E-state index in [0.717, 1.165) is 36.7 Å². The van der Waals surface area contributed by atoms with Crippen molar-refractivity contribution >= 4 is 11.0 Å². The molecule has 0 N–H and O–H groups in total. The smallest absolute Gasteiger partial charge is 0.123 e. The van der Waals surface area contributed by atoms with Crippen LogP contribution in [0.3, 0.4) is 0 Å². The summed E-state index contributed by atoms with van der Waals surface area (Å²) in [4.78, 5) is 4.62. The molecule has 0 aliphatic rings. The standard InChI is InChI=1S/C21H26N2O/c1-15(2)18-11-10-16(3)14-21(18)24-13-7-12-23-17(4)22-19-8-5-6-9-20(19)23/h5-6,8-11,14-15H,7,12-13H2,1-4H3. The molecule has 1 heterocycles. The van der Waals surface area contributed by atoms with Crippen molar-refractivity contribution in [3.8, 4) is 5.75 Å². The number of ether oxygens (including phenoxy) is 1. The van der Waals surface area contributed by atoms with Crippen LogP contribution in [0.2, 0.25) is 0 Å². The average molecular weight is 322 g/mol. The Hall–Kier alpha value is -2.29. The van der Waals surface area contributed by atoms with Gasteiger partial charge in [0.2, 0.25) is 0 Å². The topological polar surface area (TPSA) is 27.1 Å². The zero-order valence-corrected chi connectivity index (χ0v) is 15.0. The number of rotatable bonds is 6. The molecule has 24 heavy (non-hydrogen) atoms. The van der Waals surface area contributed by atoms with Gasteiger partial charge in [-0.05, 0) is 55.5 Å². The Balaban J connectivity index is 1.65. The van der Waals surface area contributed by atoms with Crippen LogP contribution >= 0.6 is 0 Å². The Bertz CT molecular complexity index is 833. The highest BCUT2D eigenvalue weighted by atomic mass is 16.5. The molecule has 0 spiro atoms. The lowest BCUT2D eigenvalue weighted by molar-refractivity contribution is 0.298. The Morgan fingerprint density at radius 2 is 1.88 bits per heavy atom. The number of aryl methyl sites for hydroxylation is 3. The van der Waals surface area contributed by atoms with Crippen LogP contribution in [0.5, 0.6) is 5.75 Å². The van der Waals surface area contributed by atoms with Crippen LogP contribution < -0.4 is 4.74 Å². The van der Waals surface area contributed by atoms with Crippen LogP contribution in [-0.4, -0.2) is 16.2 Å². The summed E-state index contributed by atoms with van der Waals surface area (Å²) in [6, 6.07) is 14.8. The fraction of sp³-hybridized carbons (Fsp3) is 0.381. The first-order valence-electron chi connectivity index (χ1n) is 8.71. The van der Waals surface area contributed by atoms with E-state index in [1.165, 1.54) is 16.6 Å². The van der Waals surface area contributed by atoms with Gasteiger partial charge in [0, 0.05) is 6.54 Å². The van der Waals surface area contributed by atoms with Crippen molar-refractivity contribution in [3.05, 3.63) is 59.4 Å². The number of hydrogen-bond acceptors (Lipinski definition) is 2. The number of aromatic nitrogens is 2. The zero-order valence-electron chi connectivity index (χ0n) is 15.0. The van der Waals surface area contributed by atoms with Crippen molar-refractivity contribution in [1.82, 2.24) is 9.55 Å². The van der Waals surface area contributed by atoms with Gasteiger partial charge < -0.3 is 9.30 Å². The molecule has 0 radical (unpaired) electrons. The maximum Gasteiger partial charge on any atom is 0.123 e. The highest BCUT2D eigenvalue weighted by Gasteiger charge is 2.09. The summed E-state index contributed by atoms with van der Waals surface area (Å²) >= 11 is 0. The molecule has 0 atom stereocenters. The maximum absolute atomic E-state index is 6.10. The molecule has 0 saturated carbocycles. The molecule has 3 nitrogen and oxygen atoms in total. The highest BCUT2D eigenvalue weighted by molar-refractivity contribution is 5.75. The molecule has 3 heteroatoms. The first-order chi connectivity index (χ1) is 11.6. The molecule has 126 valence electrons. The molecule has 0 aliphatic heterocycles. The van der Waals surface area contributed by atoms with Crippen LogP contribution in [-0.2, 0) is 6.54 Å². The molecule has 0 fully saturated rings. The van der Waals surface area contributed by atoms with E-state index in [9.17, 15) is 0 Å². The first-order valence-corrected chi connectivity index (χ1v) is 8.71. The van der Waals surface area contributed by atoms with Gasteiger partial charge in [-0.1, -0.05) is 38.1 Å². The maximum atomic E-state index is 6.10. The van der Waals surface area contributed by atoms with Gasteiger partial charge in [-0.25, -0.2) is 4.98 Å². The number of fused-ring (bicyclic) bond motifs is 1. The normalized spacial score (nSPS) is 11.4. The largest absolute Gasteiger partial charge is 0.493 e. The molecular formula is C21H26N2O. The molecule has 1 aromatic heterocycles. The Kier molecular flexibility index (Phi) is 4.89. The second-order valence-corrected chi connectivity index (χ2v) is 6.70. The molecule has 3 aromatic rings. The summed E-state index contributed by atoms with van der Waals surface area (Å²) in [5.74, 6) is 2.56. The fourth-order valence-corrected chi connectivity index (χ4v) is 3.13. The van der Waals surface area contributed by atoms with Crippen molar-refractivity contribution in [3.63, 3.8) is 0 Å². The van der Waals surface area contributed by atoms with Gasteiger partial charge in [-0.2, -0.15) is 0 Å².